The zero-order valence-electron chi connectivity index (χ0n) is 10.9. The van der Waals surface area contributed by atoms with Gasteiger partial charge in [0.25, 0.3) is 0 Å². The Morgan fingerprint density at radius 3 is 2.00 bits per heavy atom. The normalized spacial score (nSPS) is 12.5. The number of anilines is 1. The lowest BCUT2D eigenvalue weighted by atomic mass is 10.3. The molecule has 0 aliphatic heterocycles. The molecule has 1 N–H and O–H groups in total. The molecule has 0 aliphatic carbocycles. The molecule has 1 rings (SSSR count). The summed E-state index contributed by atoms with van der Waals surface area (Å²) in [5.74, 6) is 0.00574. The van der Waals surface area contributed by atoms with Gasteiger partial charge in [-0.15, -0.1) is 0 Å². The van der Waals surface area contributed by atoms with E-state index < -0.39 is 14.6 Å². The van der Waals surface area contributed by atoms with Gasteiger partial charge in [-0.1, -0.05) is 34.8 Å². The zero-order valence-corrected chi connectivity index (χ0v) is 14.0. The van der Waals surface area contributed by atoms with E-state index in [0.717, 1.165) is 0 Å². The lowest BCUT2D eigenvalue weighted by Gasteiger charge is -2.19. The van der Waals surface area contributed by atoms with E-state index in [-0.39, 0.29) is 12.3 Å². The summed E-state index contributed by atoms with van der Waals surface area (Å²) in [6.45, 7) is 5.25. The fourth-order valence-electron chi connectivity index (χ4n) is 1.33. The van der Waals surface area contributed by atoms with Gasteiger partial charge in [0.1, 0.15) is 0 Å². The van der Waals surface area contributed by atoms with Gasteiger partial charge in [-0.05, 0) is 32.9 Å². The Labute approximate surface area is 129 Å². The van der Waals surface area contributed by atoms with Crippen molar-refractivity contribution in [2.75, 3.05) is 17.6 Å². The first-order valence-electron chi connectivity index (χ1n) is 5.65. The highest BCUT2D eigenvalue weighted by Gasteiger charge is 2.28. The second-order valence-electron chi connectivity index (χ2n) is 5.10. The van der Waals surface area contributed by atoms with Crippen molar-refractivity contribution in [3.8, 4) is 0 Å². The van der Waals surface area contributed by atoms with Crippen molar-refractivity contribution in [2.24, 2.45) is 0 Å². The van der Waals surface area contributed by atoms with E-state index in [1.165, 1.54) is 0 Å². The first kappa shape index (κ1) is 16.9. The number of rotatable bonds is 4. The van der Waals surface area contributed by atoms with Crippen molar-refractivity contribution in [3.63, 3.8) is 0 Å². The number of hydrogen-bond acceptors (Lipinski definition) is 3. The number of sulfone groups is 1. The molecular formula is C12H16Cl3NO2S. The van der Waals surface area contributed by atoms with Gasteiger partial charge in [-0.2, -0.15) is 0 Å². The Morgan fingerprint density at radius 2 is 1.58 bits per heavy atom. The number of halogens is 3. The average Bonchev–Trinajstić information content (AvgIpc) is 2.20. The molecule has 1 aromatic carbocycles. The van der Waals surface area contributed by atoms with E-state index >= 15 is 0 Å². The Kier molecular flexibility index (Phi) is 5.41. The summed E-state index contributed by atoms with van der Waals surface area (Å²) < 4.78 is 23.1. The molecule has 0 unspecified atom stereocenters. The lowest BCUT2D eigenvalue weighted by Crippen LogP contribution is -2.32. The van der Waals surface area contributed by atoms with Crippen molar-refractivity contribution in [1.29, 1.82) is 0 Å². The predicted octanol–water partition coefficient (Wildman–Crippen LogP) is 4.27. The van der Waals surface area contributed by atoms with Crippen LogP contribution in [0.15, 0.2) is 12.1 Å². The van der Waals surface area contributed by atoms with Crippen molar-refractivity contribution in [1.82, 2.24) is 0 Å². The highest BCUT2D eigenvalue weighted by molar-refractivity contribution is 7.92. The van der Waals surface area contributed by atoms with E-state index in [4.69, 9.17) is 34.8 Å². The molecule has 0 saturated heterocycles. The van der Waals surface area contributed by atoms with E-state index in [9.17, 15) is 8.42 Å². The van der Waals surface area contributed by atoms with Gasteiger partial charge in [0.15, 0.2) is 9.84 Å². The van der Waals surface area contributed by atoms with E-state index in [1.54, 1.807) is 32.9 Å². The van der Waals surface area contributed by atoms with Crippen LogP contribution in [0.1, 0.15) is 20.8 Å². The molecule has 0 fully saturated rings. The molecule has 0 amide bonds. The van der Waals surface area contributed by atoms with Crippen LogP contribution >= 0.6 is 34.8 Å². The van der Waals surface area contributed by atoms with Gasteiger partial charge in [0.2, 0.25) is 0 Å². The second-order valence-corrected chi connectivity index (χ2v) is 9.22. The summed E-state index contributed by atoms with van der Waals surface area (Å²) in [6.07, 6.45) is 0. The predicted molar refractivity (Wildman–Crippen MR) is 83.5 cm³/mol. The maximum atomic E-state index is 11.9. The molecule has 7 heteroatoms. The lowest BCUT2D eigenvalue weighted by molar-refractivity contribution is 0.560. The second kappa shape index (κ2) is 6.08. The summed E-state index contributed by atoms with van der Waals surface area (Å²) in [5.41, 5.74) is 0.497. The van der Waals surface area contributed by atoms with Crippen LogP contribution in [0, 0.1) is 0 Å². The number of hydrogen-bond donors (Lipinski definition) is 1. The van der Waals surface area contributed by atoms with Crippen molar-refractivity contribution < 1.29 is 8.42 Å². The molecule has 1 aromatic rings. The van der Waals surface area contributed by atoms with Crippen molar-refractivity contribution >= 4 is 50.3 Å². The molecule has 0 saturated carbocycles. The van der Waals surface area contributed by atoms with Crippen LogP contribution in [0.3, 0.4) is 0 Å². The highest BCUT2D eigenvalue weighted by atomic mass is 35.5. The van der Waals surface area contributed by atoms with E-state index in [1.807, 2.05) is 0 Å². The molecular weight excluding hydrogens is 329 g/mol. The summed E-state index contributed by atoms with van der Waals surface area (Å²) in [4.78, 5) is 0. The zero-order chi connectivity index (χ0) is 14.8. The van der Waals surface area contributed by atoms with Gasteiger partial charge in [0, 0.05) is 11.6 Å². The van der Waals surface area contributed by atoms with Crippen LogP contribution in [-0.4, -0.2) is 25.5 Å². The van der Waals surface area contributed by atoms with Crippen LogP contribution in [0.25, 0.3) is 0 Å². The van der Waals surface area contributed by atoms with Gasteiger partial charge in [-0.25, -0.2) is 8.42 Å². The fraction of sp³-hybridized carbons (Fsp3) is 0.500. The SMILES string of the molecule is CC(C)(C)S(=O)(=O)CCNc1c(Cl)cc(Cl)cc1Cl. The summed E-state index contributed by atoms with van der Waals surface area (Å²) in [5, 5.41) is 4.10. The van der Waals surface area contributed by atoms with Crippen LogP contribution < -0.4 is 5.32 Å². The van der Waals surface area contributed by atoms with Crippen molar-refractivity contribution in [2.45, 2.75) is 25.5 Å². The maximum absolute atomic E-state index is 11.9. The van der Waals surface area contributed by atoms with Crippen LogP contribution in [-0.2, 0) is 9.84 Å². The molecule has 3 nitrogen and oxygen atoms in total. The molecule has 0 atom stereocenters. The molecule has 0 aromatic heterocycles. The molecule has 0 radical (unpaired) electrons. The summed E-state index contributed by atoms with van der Waals surface area (Å²) >= 11 is 17.8. The first-order valence-corrected chi connectivity index (χ1v) is 8.44. The Morgan fingerprint density at radius 1 is 1.11 bits per heavy atom. The topological polar surface area (TPSA) is 46.2 Å². The molecule has 19 heavy (non-hydrogen) atoms. The van der Waals surface area contributed by atoms with Crippen LogP contribution in [0.2, 0.25) is 15.1 Å². The number of benzene rings is 1. The van der Waals surface area contributed by atoms with E-state index in [2.05, 4.69) is 5.32 Å². The van der Waals surface area contributed by atoms with Gasteiger partial charge < -0.3 is 5.32 Å². The van der Waals surface area contributed by atoms with Crippen LogP contribution in [0.4, 0.5) is 5.69 Å². The summed E-state index contributed by atoms with van der Waals surface area (Å²) in [6, 6.07) is 3.10. The number of nitrogens with one attached hydrogen (secondary N) is 1. The van der Waals surface area contributed by atoms with Gasteiger partial charge in [0.05, 0.1) is 26.2 Å². The minimum Gasteiger partial charge on any atom is -0.382 e. The molecule has 108 valence electrons. The Balaban J connectivity index is 2.75. The van der Waals surface area contributed by atoms with Crippen LogP contribution in [0.5, 0.6) is 0 Å². The third kappa shape index (κ3) is 4.42. The summed E-state index contributed by atoms with van der Waals surface area (Å²) in [7, 11) is -3.18. The fourth-order valence-corrected chi connectivity index (χ4v) is 3.26. The third-order valence-corrected chi connectivity index (χ3v) is 6.03. The largest absolute Gasteiger partial charge is 0.382 e. The first-order chi connectivity index (χ1) is 8.54. The quantitative estimate of drug-likeness (QED) is 0.887. The molecule has 0 heterocycles. The smallest absolute Gasteiger partial charge is 0.156 e. The average molecular weight is 345 g/mol. The van der Waals surface area contributed by atoms with Gasteiger partial charge in [-0.3, -0.25) is 0 Å². The third-order valence-electron chi connectivity index (χ3n) is 2.61. The van der Waals surface area contributed by atoms with Gasteiger partial charge >= 0.3 is 0 Å². The molecule has 0 bridgehead atoms. The highest BCUT2D eigenvalue weighted by Crippen LogP contribution is 2.33. The maximum Gasteiger partial charge on any atom is 0.156 e. The molecule has 0 aliphatic rings. The minimum absolute atomic E-state index is 0.00574. The van der Waals surface area contributed by atoms with Crippen molar-refractivity contribution in [3.05, 3.63) is 27.2 Å². The Hall–Kier alpha value is -0.160. The Bertz CT molecular complexity index is 542. The minimum atomic E-state index is -3.18. The van der Waals surface area contributed by atoms with E-state index in [0.29, 0.717) is 20.8 Å². The standard InChI is InChI=1S/C12H16Cl3NO2S/c1-12(2,3)19(17,18)5-4-16-11-9(14)6-8(13)7-10(11)15/h6-7,16H,4-5H2,1-3H3. The monoisotopic (exact) mass is 343 g/mol. The molecule has 0 spiro atoms.